The normalized spacial score (nSPS) is 10.4. The molecule has 0 bridgehead atoms. The zero-order valence-electron chi connectivity index (χ0n) is 9.93. The number of nitrogens with zero attached hydrogens (tertiary/aromatic N) is 1. The molecule has 1 aromatic carbocycles. The average molecular weight is 298 g/mol. The predicted molar refractivity (Wildman–Crippen MR) is 73.7 cm³/mol. The second kappa shape index (κ2) is 6.63. The van der Waals surface area contributed by atoms with E-state index in [1.807, 2.05) is 29.7 Å². The molecule has 0 aliphatic carbocycles. The van der Waals surface area contributed by atoms with Crippen molar-refractivity contribution in [2.75, 3.05) is 0 Å². The molecule has 2 aromatic rings. The third kappa shape index (κ3) is 3.74. The van der Waals surface area contributed by atoms with Crippen LogP contribution in [0.5, 0.6) is 0 Å². The van der Waals surface area contributed by atoms with E-state index in [2.05, 4.69) is 4.98 Å². The molecule has 3 N–H and O–H groups in total. The summed E-state index contributed by atoms with van der Waals surface area (Å²) in [7, 11) is 0. The van der Waals surface area contributed by atoms with E-state index in [9.17, 15) is 4.79 Å². The van der Waals surface area contributed by atoms with Gasteiger partial charge in [0.15, 0.2) is 5.01 Å². The summed E-state index contributed by atoms with van der Waals surface area (Å²) >= 11 is 7.23. The quantitative estimate of drug-likeness (QED) is 0.503. The van der Waals surface area contributed by atoms with Gasteiger partial charge in [-0.3, -0.25) is 10.2 Å². The fourth-order valence-electron chi connectivity index (χ4n) is 1.42. The van der Waals surface area contributed by atoms with E-state index >= 15 is 0 Å². The highest BCUT2D eigenvalue weighted by Crippen LogP contribution is 2.17. The molecule has 5 nitrogen and oxygen atoms in total. The van der Waals surface area contributed by atoms with Crippen LogP contribution in [0.25, 0.3) is 0 Å². The Morgan fingerprint density at radius 3 is 2.95 bits per heavy atom. The lowest BCUT2D eigenvalue weighted by atomic mass is 10.2. The lowest BCUT2D eigenvalue weighted by Gasteiger charge is -2.04. The number of nitrogens with one attached hydrogen (secondary N) is 1. The fraction of sp³-hybridized carbons (Fsp3) is 0.167. The van der Waals surface area contributed by atoms with Crippen molar-refractivity contribution in [2.45, 2.75) is 13.2 Å². The number of nitrogen functional groups attached to an aromatic ring is 1. The van der Waals surface area contributed by atoms with Gasteiger partial charge in [-0.05, 0) is 11.6 Å². The number of halogens is 1. The average Bonchev–Trinajstić information content (AvgIpc) is 2.89. The van der Waals surface area contributed by atoms with Crippen molar-refractivity contribution in [3.63, 3.8) is 0 Å². The predicted octanol–water partition coefficient (Wildman–Crippen LogP) is 2.12. The molecule has 0 spiro atoms. The van der Waals surface area contributed by atoms with Crippen LogP contribution in [0.3, 0.4) is 0 Å². The molecule has 1 amide bonds. The molecule has 0 radical (unpaired) electrons. The molecule has 100 valence electrons. The van der Waals surface area contributed by atoms with Crippen LogP contribution in [0.4, 0.5) is 0 Å². The van der Waals surface area contributed by atoms with Gasteiger partial charge in [0, 0.05) is 10.4 Å². The van der Waals surface area contributed by atoms with E-state index in [4.69, 9.17) is 22.2 Å². The molecular formula is C12H12ClN3O2S. The Kier molecular flexibility index (Phi) is 4.86. The third-order valence-corrected chi connectivity index (χ3v) is 3.60. The first-order valence-electron chi connectivity index (χ1n) is 5.47. The summed E-state index contributed by atoms with van der Waals surface area (Å²) in [5.74, 6) is 4.63. The lowest BCUT2D eigenvalue weighted by Crippen LogP contribution is -2.29. The monoisotopic (exact) mass is 297 g/mol. The number of hydrogen-bond acceptors (Lipinski definition) is 5. The first kappa shape index (κ1) is 14.0. The van der Waals surface area contributed by atoms with Gasteiger partial charge in [-0.15, -0.1) is 11.3 Å². The van der Waals surface area contributed by atoms with E-state index in [-0.39, 0.29) is 0 Å². The number of aromatic nitrogens is 1. The lowest BCUT2D eigenvalue weighted by molar-refractivity contribution is 0.0948. The Bertz CT molecular complexity index is 574. The van der Waals surface area contributed by atoms with Crippen LogP contribution in [-0.2, 0) is 18.0 Å². The number of nitrogens with two attached hydrogens (primary N) is 1. The van der Waals surface area contributed by atoms with Gasteiger partial charge >= 0.3 is 0 Å². The van der Waals surface area contributed by atoms with Crippen molar-refractivity contribution in [3.05, 3.63) is 50.9 Å². The van der Waals surface area contributed by atoms with Crippen molar-refractivity contribution < 1.29 is 9.53 Å². The first-order valence-corrected chi connectivity index (χ1v) is 6.73. The van der Waals surface area contributed by atoms with Gasteiger partial charge in [-0.1, -0.05) is 29.8 Å². The number of rotatable bonds is 5. The minimum Gasteiger partial charge on any atom is -0.370 e. The maximum atomic E-state index is 11.2. The third-order valence-electron chi connectivity index (χ3n) is 2.34. The maximum Gasteiger partial charge on any atom is 0.294 e. The topological polar surface area (TPSA) is 77.2 Å². The second-order valence-electron chi connectivity index (χ2n) is 3.70. The van der Waals surface area contributed by atoms with Crippen LogP contribution in [0.2, 0.25) is 5.02 Å². The molecule has 0 unspecified atom stereocenters. The van der Waals surface area contributed by atoms with Crippen molar-refractivity contribution in [1.29, 1.82) is 0 Å². The molecule has 0 atom stereocenters. The number of carbonyl (C=O) groups excluding carboxylic acids is 1. The van der Waals surface area contributed by atoms with Gasteiger partial charge < -0.3 is 4.74 Å². The molecule has 1 aromatic heterocycles. The van der Waals surface area contributed by atoms with E-state index in [0.29, 0.717) is 28.9 Å². The van der Waals surface area contributed by atoms with Gasteiger partial charge in [0.05, 0.1) is 18.9 Å². The molecule has 0 aliphatic heterocycles. The highest BCUT2D eigenvalue weighted by atomic mass is 35.5. The highest BCUT2D eigenvalue weighted by Gasteiger charge is 2.09. The van der Waals surface area contributed by atoms with Gasteiger partial charge in [-0.25, -0.2) is 10.8 Å². The summed E-state index contributed by atoms with van der Waals surface area (Å²) in [5.41, 5.74) is 3.64. The minimum atomic E-state index is -0.401. The van der Waals surface area contributed by atoms with Crippen LogP contribution in [0.1, 0.15) is 21.1 Å². The molecule has 7 heteroatoms. The van der Waals surface area contributed by atoms with E-state index < -0.39 is 5.91 Å². The minimum absolute atomic E-state index is 0.318. The molecule has 1 heterocycles. The Labute approximate surface area is 119 Å². The van der Waals surface area contributed by atoms with Crippen molar-refractivity contribution in [3.8, 4) is 0 Å². The number of hydrazine groups is 1. The maximum absolute atomic E-state index is 11.2. The van der Waals surface area contributed by atoms with Gasteiger partial charge in [0.1, 0.15) is 0 Å². The highest BCUT2D eigenvalue weighted by molar-refractivity contribution is 7.11. The summed E-state index contributed by atoms with van der Waals surface area (Å²) in [5, 5.41) is 2.75. The van der Waals surface area contributed by atoms with Crippen LogP contribution in [-0.4, -0.2) is 10.9 Å². The van der Waals surface area contributed by atoms with Gasteiger partial charge in [0.25, 0.3) is 5.91 Å². The van der Waals surface area contributed by atoms with Crippen LogP contribution >= 0.6 is 22.9 Å². The Morgan fingerprint density at radius 2 is 2.21 bits per heavy atom. The zero-order chi connectivity index (χ0) is 13.7. The number of carbonyl (C=O) groups is 1. The largest absolute Gasteiger partial charge is 0.370 e. The molecule has 0 saturated carbocycles. The Hall–Kier alpha value is -1.47. The fourth-order valence-corrected chi connectivity index (χ4v) is 2.31. The number of benzene rings is 1. The van der Waals surface area contributed by atoms with Crippen molar-refractivity contribution in [1.82, 2.24) is 10.4 Å². The number of thiazole rings is 1. The van der Waals surface area contributed by atoms with Gasteiger partial charge in [0.2, 0.25) is 0 Å². The molecular weight excluding hydrogens is 286 g/mol. The zero-order valence-corrected chi connectivity index (χ0v) is 11.5. The Morgan fingerprint density at radius 1 is 1.42 bits per heavy atom. The molecule has 0 saturated heterocycles. The summed E-state index contributed by atoms with van der Waals surface area (Å²) in [6.07, 6.45) is 0. The van der Waals surface area contributed by atoms with Crippen molar-refractivity contribution in [2.24, 2.45) is 5.84 Å². The number of ether oxygens (including phenoxy) is 1. The SMILES string of the molecule is NNC(=O)c1nc(COCc2ccccc2Cl)cs1. The molecule has 2 rings (SSSR count). The molecule has 0 aliphatic rings. The number of hydrogen-bond donors (Lipinski definition) is 2. The van der Waals surface area contributed by atoms with E-state index in [1.54, 1.807) is 5.38 Å². The van der Waals surface area contributed by atoms with Crippen LogP contribution in [0, 0.1) is 0 Å². The smallest absolute Gasteiger partial charge is 0.294 e. The van der Waals surface area contributed by atoms with Crippen LogP contribution in [0.15, 0.2) is 29.6 Å². The first-order chi connectivity index (χ1) is 9.20. The molecule has 0 fully saturated rings. The molecule has 19 heavy (non-hydrogen) atoms. The second-order valence-corrected chi connectivity index (χ2v) is 4.97. The summed E-state index contributed by atoms with van der Waals surface area (Å²) in [6.45, 7) is 0.717. The summed E-state index contributed by atoms with van der Waals surface area (Å²) in [6, 6.07) is 7.48. The number of amides is 1. The van der Waals surface area contributed by atoms with Crippen molar-refractivity contribution >= 4 is 28.8 Å². The van der Waals surface area contributed by atoms with E-state index in [1.165, 1.54) is 11.3 Å². The summed E-state index contributed by atoms with van der Waals surface area (Å²) < 4.78 is 5.51. The van der Waals surface area contributed by atoms with E-state index in [0.717, 1.165) is 5.56 Å². The summed E-state index contributed by atoms with van der Waals surface area (Å²) in [4.78, 5) is 15.3. The Balaban J connectivity index is 1.88. The van der Waals surface area contributed by atoms with Crippen LogP contribution < -0.4 is 11.3 Å². The van der Waals surface area contributed by atoms with Gasteiger partial charge in [-0.2, -0.15) is 0 Å². The standard InChI is InChI=1S/C12H12ClN3O2S/c13-10-4-2-1-3-8(10)5-18-6-9-7-19-12(15-9)11(17)16-14/h1-4,7H,5-6,14H2,(H,16,17).